The summed E-state index contributed by atoms with van der Waals surface area (Å²) < 4.78 is 0. The van der Waals surface area contributed by atoms with Crippen molar-refractivity contribution >= 4 is 11.8 Å². The van der Waals surface area contributed by atoms with Gasteiger partial charge in [0.2, 0.25) is 11.8 Å². The predicted molar refractivity (Wildman–Crippen MR) is 61.9 cm³/mol. The second-order valence-electron chi connectivity index (χ2n) is 5.56. The number of likely N-dealkylation sites (tertiary alicyclic amines) is 1. The van der Waals surface area contributed by atoms with Gasteiger partial charge in [0, 0.05) is 25.2 Å². The number of nitrogens with zero attached hydrogens (tertiary/aromatic N) is 1. The molecule has 0 aromatic heterocycles. The highest BCUT2D eigenvalue weighted by molar-refractivity contribution is 5.83. The topological polar surface area (TPSA) is 75.4 Å². The molecule has 4 unspecified atom stereocenters. The molecule has 3 aliphatic rings. The number of hydrogen-bond donors (Lipinski definition) is 2. The van der Waals surface area contributed by atoms with Crippen LogP contribution in [0, 0.1) is 11.8 Å². The van der Waals surface area contributed by atoms with Crippen molar-refractivity contribution in [2.24, 2.45) is 17.6 Å². The van der Waals surface area contributed by atoms with Crippen LogP contribution in [0.1, 0.15) is 25.7 Å². The number of fused-ring (bicyclic) bond motifs is 2. The van der Waals surface area contributed by atoms with Crippen LogP contribution in [0.5, 0.6) is 0 Å². The van der Waals surface area contributed by atoms with Gasteiger partial charge in [0.25, 0.3) is 0 Å². The first-order valence-corrected chi connectivity index (χ1v) is 6.49. The van der Waals surface area contributed by atoms with E-state index in [1.807, 2.05) is 4.90 Å². The summed E-state index contributed by atoms with van der Waals surface area (Å²) in [7, 11) is 0. The van der Waals surface area contributed by atoms with E-state index >= 15 is 0 Å². The van der Waals surface area contributed by atoms with E-state index in [1.54, 1.807) is 0 Å². The van der Waals surface area contributed by atoms with E-state index in [4.69, 9.17) is 5.73 Å². The highest BCUT2D eigenvalue weighted by atomic mass is 16.2. The number of rotatable bonds is 2. The first-order valence-electron chi connectivity index (χ1n) is 6.49. The number of hydrogen-bond acceptors (Lipinski definition) is 3. The predicted octanol–water partition coefficient (Wildman–Crippen LogP) is -0.539. The molecule has 0 aliphatic carbocycles. The molecule has 5 nitrogen and oxygen atoms in total. The lowest BCUT2D eigenvalue weighted by molar-refractivity contribution is -0.135. The van der Waals surface area contributed by atoms with Gasteiger partial charge in [-0.05, 0) is 25.7 Å². The van der Waals surface area contributed by atoms with Gasteiger partial charge < -0.3 is 16.0 Å². The molecule has 0 radical (unpaired) electrons. The van der Waals surface area contributed by atoms with Crippen LogP contribution >= 0.6 is 0 Å². The fourth-order valence-electron chi connectivity index (χ4n) is 3.52. The summed E-state index contributed by atoms with van der Waals surface area (Å²) in [6.45, 7) is 1.22. The molecule has 4 atom stereocenters. The summed E-state index contributed by atoms with van der Waals surface area (Å²) in [6, 6.07) is 0.920. The van der Waals surface area contributed by atoms with Crippen LogP contribution in [-0.2, 0) is 9.59 Å². The molecule has 3 heterocycles. The molecular formula is C12H19N3O2. The summed E-state index contributed by atoms with van der Waals surface area (Å²) in [5.74, 6) is -0.0364. The Morgan fingerprint density at radius 3 is 2.59 bits per heavy atom. The van der Waals surface area contributed by atoms with Crippen LogP contribution in [0.2, 0.25) is 0 Å². The Labute approximate surface area is 101 Å². The first kappa shape index (κ1) is 11.0. The zero-order chi connectivity index (χ0) is 12.0. The van der Waals surface area contributed by atoms with Crippen LogP contribution in [0.15, 0.2) is 0 Å². The molecule has 0 aromatic rings. The molecule has 0 saturated carbocycles. The third kappa shape index (κ3) is 1.82. The zero-order valence-corrected chi connectivity index (χ0v) is 9.89. The highest BCUT2D eigenvalue weighted by Gasteiger charge is 2.45. The van der Waals surface area contributed by atoms with Gasteiger partial charge in [-0.15, -0.1) is 0 Å². The van der Waals surface area contributed by atoms with Crippen LogP contribution in [0.3, 0.4) is 0 Å². The lowest BCUT2D eigenvalue weighted by Gasteiger charge is -2.25. The molecule has 0 aromatic carbocycles. The average Bonchev–Trinajstić information content (AvgIpc) is 3.03. The molecular weight excluding hydrogens is 218 g/mol. The van der Waals surface area contributed by atoms with Gasteiger partial charge in [-0.2, -0.15) is 0 Å². The van der Waals surface area contributed by atoms with Crippen molar-refractivity contribution in [3.63, 3.8) is 0 Å². The van der Waals surface area contributed by atoms with Crippen molar-refractivity contribution in [1.29, 1.82) is 0 Å². The molecule has 3 N–H and O–H groups in total. The quantitative estimate of drug-likeness (QED) is 0.677. The molecule has 3 saturated heterocycles. The van der Waals surface area contributed by atoms with E-state index in [0.717, 1.165) is 19.3 Å². The molecule has 2 amide bonds. The number of nitrogens with one attached hydrogen (secondary N) is 1. The Hall–Kier alpha value is -1.10. The van der Waals surface area contributed by atoms with E-state index in [1.165, 1.54) is 6.42 Å². The van der Waals surface area contributed by atoms with Gasteiger partial charge in [0.1, 0.15) is 0 Å². The molecule has 3 rings (SSSR count). The van der Waals surface area contributed by atoms with E-state index in [9.17, 15) is 9.59 Å². The standard InChI is InChI=1S/C12H19N3O2/c13-11(16)7-3-4-15(6-7)12(17)9-5-8-1-2-10(9)14-8/h7-10,14H,1-6H2,(H2,13,16). The number of nitrogens with two attached hydrogens (primary N) is 1. The summed E-state index contributed by atoms with van der Waals surface area (Å²) >= 11 is 0. The molecule has 0 spiro atoms. The second kappa shape index (κ2) is 3.98. The van der Waals surface area contributed by atoms with Gasteiger partial charge in [-0.1, -0.05) is 0 Å². The summed E-state index contributed by atoms with van der Waals surface area (Å²) in [5.41, 5.74) is 5.28. The van der Waals surface area contributed by atoms with Crippen LogP contribution in [0.4, 0.5) is 0 Å². The Morgan fingerprint density at radius 1 is 1.24 bits per heavy atom. The Morgan fingerprint density at radius 2 is 2.06 bits per heavy atom. The summed E-state index contributed by atoms with van der Waals surface area (Å²) in [4.78, 5) is 25.3. The van der Waals surface area contributed by atoms with Crippen molar-refractivity contribution in [3.8, 4) is 0 Å². The number of amides is 2. The molecule has 94 valence electrons. The minimum absolute atomic E-state index is 0.134. The van der Waals surface area contributed by atoms with Gasteiger partial charge in [-0.3, -0.25) is 9.59 Å². The second-order valence-corrected chi connectivity index (χ2v) is 5.56. The van der Waals surface area contributed by atoms with Gasteiger partial charge >= 0.3 is 0 Å². The maximum atomic E-state index is 12.3. The van der Waals surface area contributed by atoms with Gasteiger partial charge in [-0.25, -0.2) is 0 Å². The molecule has 3 fully saturated rings. The zero-order valence-electron chi connectivity index (χ0n) is 9.89. The lowest BCUT2D eigenvalue weighted by atomic mass is 9.88. The summed E-state index contributed by atoms with van der Waals surface area (Å²) in [5, 5.41) is 3.48. The van der Waals surface area contributed by atoms with Crippen LogP contribution in [0.25, 0.3) is 0 Å². The third-order valence-electron chi connectivity index (χ3n) is 4.52. The number of carbonyl (C=O) groups is 2. The molecule has 2 bridgehead atoms. The maximum Gasteiger partial charge on any atom is 0.227 e. The largest absolute Gasteiger partial charge is 0.369 e. The normalized spacial score (nSPS) is 39.9. The minimum Gasteiger partial charge on any atom is -0.369 e. The smallest absolute Gasteiger partial charge is 0.227 e. The van der Waals surface area contributed by atoms with E-state index in [-0.39, 0.29) is 23.7 Å². The van der Waals surface area contributed by atoms with Gasteiger partial charge in [0.05, 0.1) is 11.8 Å². The Balaban J connectivity index is 1.62. The average molecular weight is 237 g/mol. The molecule has 3 aliphatic heterocycles. The first-order chi connectivity index (χ1) is 8.15. The van der Waals surface area contributed by atoms with Crippen molar-refractivity contribution < 1.29 is 9.59 Å². The number of carbonyl (C=O) groups excluding carboxylic acids is 2. The third-order valence-corrected chi connectivity index (χ3v) is 4.52. The van der Waals surface area contributed by atoms with E-state index in [2.05, 4.69) is 5.32 Å². The van der Waals surface area contributed by atoms with Crippen molar-refractivity contribution in [2.75, 3.05) is 13.1 Å². The monoisotopic (exact) mass is 237 g/mol. The fourth-order valence-corrected chi connectivity index (χ4v) is 3.52. The lowest BCUT2D eigenvalue weighted by Crippen LogP contribution is -2.40. The van der Waals surface area contributed by atoms with Crippen molar-refractivity contribution in [1.82, 2.24) is 10.2 Å². The van der Waals surface area contributed by atoms with Crippen LogP contribution in [-0.4, -0.2) is 41.9 Å². The highest BCUT2D eigenvalue weighted by Crippen LogP contribution is 2.35. The van der Waals surface area contributed by atoms with Crippen molar-refractivity contribution in [3.05, 3.63) is 0 Å². The minimum atomic E-state index is -0.272. The maximum absolute atomic E-state index is 12.3. The Bertz CT molecular complexity index is 358. The Kier molecular flexibility index (Phi) is 2.58. The van der Waals surface area contributed by atoms with E-state index in [0.29, 0.717) is 25.2 Å². The van der Waals surface area contributed by atoms with Crippen molar-refractivity contribution in [2.45, 2.75) is 37.8 Å². The molecule has 17 heavy (non-hydrogen) atoms. The summed E-state index contributed by atoms with van der Waals surface area (Å²) in [6.07, 6.45) is 4.03. The molecule has 5 heteroatoms. The fraction of sp³-hybridized carbons (Fsp3) is 0.833. The van der Waals surface area contributed by atoms with E-state index < -0.39 is 0 Å². The van der Waals surface area contributed by atoms with Crippen LogP contribution < -0.4 is 11.1 Å². The van der Waals surface area contributed by atoms with Gasteiger partial charge in [0.15, 0.2) is 0 Å². The number of primary amides is 1. The SMILES string of the molecule is NC(=O)C1CCN(C(=O)C2CC3CCC2N3)C1.